The number of hydrogen-bond donors (Lipinski definition) is 1. The van der Waals surface area contributed by atoms with Crippen LogP contribution < -0.4 is 14.8 Å². The number of sulfonamides is 1. The molecule has 3 aromatic rings. The Bertz CT molecular complexity index is 1360. The highest BCUT2D eigenvalue weighted by Gasteiger charge is 2.28. The van der Waals surface area contributed by atoms with Crippen LogP contribution in [0, 0.1) is 0 Å². The maximum absolute atomic E-state index is 13.0. The number of piperidine rings is 1. The molecule has 36 heavy (non-hydrogen) atoms. The zero-order chi connectivity index (χ0) is 25.1. The second-order valence-corrected chi connectivity index (χ2v) is 11.5. The molecule has 2 aliphatic rings. The summed E-state index contributed by atoms with van der Waals surface area (Å²) in [6.07, 6.45) is 2.12. The van der Waals surface area contributed by atoms with Gasteiger partial charge in [-0.05, 0) is 43.2 Å². The molecule has 2 aromatic carbocycles. The molecule has 0 radical (unpaired) electrons. The number of para-hydroxylation sites is 2. The highest BCUT2D eigenvalue weighted by Crippen LogP contribution is 2.36. The summed E-state index contributed by atoms with van der Waals surface area (Å²) in [5.74, 6) is 1.02. The molecule has 1 atom stereocenters. The van der Waals surface area contributed by atoms with E-state index in [1.807, 2.05) is 18.2 Å². The molecule has 190 valence electrons. The number of nitrogens with zero attached hydrogens (tertiary/aromatic N) is 3. The van der Waals surface area contributed by atoms with Gasteiger partial charge in [-0.25, -0.2) is 8.42 Å². The second kappa shape index (κ2) is 10.7. The molecule has 1 amide bonds. The lowest BCUT2D eigenvalue weighted by Gasteiger charge is -2.26. The predicted octanol–water partition coefficient (Wildman–Crippen LogP) is 4.14. The summed E-state index contributed by atoms with van der Waals surface area (Å²) in [5.41, 5.74) is 0.220. The first-order valence-corrected chi connectivity index (χ1v) is 14.1. The van der Waals surface area contributed by atoms with Crippen LogP contribution in [0.3, 0.4) is 0 Å². The maximum atomic E-state index is 13.0. The maximum Gasteiger partial charge on any atom is 0.277 e. The van der Waals surface area contributed by atoms with Crippen molar-refractivity contribution in [3.8, 4) is 11.5 Å². The number of halogens is 1. The van der Waals surface area contributed by atoms with Gasteiger partial charge in [0, 0.05) is 13.1 Å². The average molecular weight is 551 g/mol. The predicted molar refractivity (Wildman–Crippen MR) is 133 cm³/mol. The number of amides is 1. The Morgan fingerprint density at radius 2 is 1.89 bits per heavy atom. The Morgan fingerprint density at radius 1 is 1.11 bits per heavy atom. The van der Waals surface area contributed by atoms with Gasteiger partial charge >= 0.3 is 0 Å². The highest BCUT2D eigenvalue weighted by atomic mass is 35.5. The van der Waals surface area contributed by atoms with Crippen molar-refractivity contribution in [1.82, 2.24) is 14.5 Å². The summed E-state index contributed by atoms with van der Waals surface area (Å²) in [5, 5.41) is 11.1. The SMILES string of the molecule is O=C(CSc1nnc(C2COc3ccccc3O2)o1)Nc1cc(S(=O)(=O)N2CCCCC2)ccc1Cl. The van der Waals surface area contributed by atoms with Crippen molar-refractivity contribution in [3.05, 3.63) is 53.4 Å². The summed E-state index contributed by atoms with van der Waals surface area (Å²) in [7, 11) is -3.66. The largest absolute Gasteiger partial charge is 0.485 e. The summed E-state index contributed by atoms with van der Waals surface area (Å²) in [4.78, 5) is 12.7. The smallest absolute Gasteiger partial charge is 0.277 e. The molecule has 1 saturated heterocycles. The third kappa shape index (κ3) is 5.46. The first-order valence-electron chi connectivity index (χ1n) is 11.3. The normalized spacial score (nSPS) is 18.1. The van der Waals surface area contributed by atoms with Crippen LogP contribution in [-0.4, -0.2) is 54.3 Å². The summed E-state index contributed by atoms with van der Waals surface area (Å²) >= 11 is 7.26. The monoisotopic (exact) mass is 550 g/mol. The van der Waals surface area contributed by atoms with Crippen molar-refractivity contribution < 1.29 is 27.1 Å². The van der Waals surface area contributed by atoms with Crippen LogP contribution >= 0.6 is 23.4 Å². The fourth-order valence-corrected chi connectivity index (χ4v) is 6.16. The van der Waals surface area contributed by atoms with E-state index < -0.39 is 22.0 Å². The molecule has 10 nitrogen and oxygen atoms in total. The Labute approximate surface area is 217 Å². The lowest BCUT2D eigenvalue weighted by Crippen LogP contribution is -2.35. The minimum atomic E-state index is -3.66. The fraction of sp³-hybridized carbons (Fsp3) is 0.348. The molecular weight excluding hydrogens is 528 g/mol. The van der Waals surface area contributed by atoms with Crippen molar-refractivity contribution in [2.75, 3.05) is 30.8 Å². The average Bonchev–Trinajstić information content (AvgIpc) is 3.38. The third-order valence-corrected chi connectivity index (χ3v) is 8.74. The van der Waals surface area contributed by atoms with Crippen molar-refractivity contribution >= 4 is 45.0 Å². The summed E-state index contributed by atoms with van der Waals surface area (Å²) in [6.45, 7) is 1.19. The number of carbonyl (C=O) groups excluding carboxylic acids is 1. The van der Waals surface area contributed by atoms with Crippen molar-refractivity contribution in [2.24, 2.45) is 0 Å². The van der Waals surface area contributed by atoms with Crippen LogP contribution in [0.15, 0.2) is 57.0 Å². The Kier molecular flexibility index (Phi) is 7.37. The van der Waals surface area contributed by atoms with Crippen LogP contribution in [0.2, 0.25) is 5.02 Å². The minimum absolute atomic E-state index is 0.0497. The van der Waals surface area contributed by atoms with E-state index in [2.05, 4.69) is 15.5 Å². The topological polar surface area (TPSA) is 124 Å². The van der Waals surface area contributed by atoms with Gasteiger partial charge in [0.05, 0.1) is 21.4 Å². The minimum Gasteiger partial charge on any atom is -0.485 e. The number of fused-ring (bicyclic) bond motifs is 1. The number of carbonyl (C=O) groups is 1. The molecule has 3 heterocycles. The van der Waals surface area contributed by atoms with E-state index in [-0.39, 0.29) is 39.1 Å². The molecule has 13 heteroatoms. The van der Waals surface area contributed by atoms with Crippen LogP contribution in [0.1, 0.15) is 31.3 Å². The first kappa shape index (κ1) is 24.9. The van der Waals surface area contributed by atoms with E-state index in [9.17, 15) is 13.2 Å². The van der Waals surface area contributed by atoms with Crippen molar-refractivity contribution in [1.29, 1.82) is 0 Å². The quantitative estimate of drug-likeness (QED) is 0.432. The van der Waals surface area contributed by atoms with Gasteiger partial charge in [-0.1, -0.05) is 41.9 Å². The van der Waals surface area contributed by atoms with Gasteiger partial charge < -0.3 is 19.2 Å². The van der Waals surface area contributed by atoms with Crippen LogP contribution in [0.25, 0.3) is 0 Å². The molecule has 2 aliphatic heterocycles. The number of aromatic nitrogens is 2. The molecule has 1 fully saturated rings. The summed E-state index contributed by atoms with van der Waals surface area (Å²) in [6, 6.07) is 11.6. The van der Waals surface area contributed by atoms with Gasteiger partial charge in [0.25, 0.3) is 11.1 Å². The van der Waals surface area contributed by atoms with Crippen LogP contribution in [-0.2, 0) is 14.8 Å². The molecule has 0 aliphatic carbocycles. The van der Waals surface area contributed by atoms with E-state index in [4.69, 9.17) is 25.5 Å². The van der Waals surface area contributed by atoms with Crippen LogP contribution in [0.5, 0.6) is 11.5 Å². The molecule has 0 spiro atoms. The Morgan fingerprint density at radius 3 is 2.69 bits per heavy atom. The second-order valence-electron chi connectivity index (χ2n) is 8.21. The molecular formula is C23H23ClN4O6S2. The summed E-state index contributed by atoms with van der Waals surface area (Å²) < 4.78 is 44.6. The lowest BCUT2D eigenvalue weighted by atomic mass is 10.2. The van der Waals surface area contributed by atoms with Gasteiger partial charge in [-0.2, -0.15) is 4.31 Å². The van der Waals surface area contributed by atoms with E-state index in [1.165, 1.54) is 22.5 Å². The fourth-order valence-electron chi connectivity index (χ4n) is 3.88. The van der Waals surface area contributed by atoms with Gasteiger partial charge in [0.1, 0.15) is 6.61 Å². The third-order valence-electron chi connectivity index (χ3n) is 5.70. The molecule has 0 saturated carbocycles. The molecule has 1 aromatic heterocycles. The number of rotatable bonds is 7. The van der Waals surface area contributed by atoms with E-state index in [0.29, 0.717) is 24.6 Å². The number of hydrogen-bond acceptors (Lipinski definition) is 9. The Hall–Kier alpha value is -2.80. The number of benzene rings is 2. The van der Waals surface area contributed by atoms with E-state index >= 15 is 0 Å². The molecule has 5 rings (SSSR count). The number of thioether (sulfide) groups is 1. The molecule has 1 unspecified atom stereocenters. The molecule has 1 N–H and O–H groups in total. The zero-order valence-corrected chi connectivity index (χ0v) is 21.4. The Balaban J connectivity index is 1.19. The van der Waals surface area contributed by atoms with Gasteiger partial charge in [0.2, 0.25) is 22.0 Å². The number of ether oxygens (including phenoxy) is 2. The number of anilines is 1. The zero-order valence-electron chi connectivity index (χ0n) is 19.1. The van der Waals surface area contributed by atoms with Crippen LogP contribution in [0.4, 0.5) is 5.69 Å². The van der Waals surface area contributed by atoms with Gasteiger partial charge in [-0.15, -0.1) is 10.2 Å². The van der Waals surface area contributed by atoms with Gasteiger partial charge in [0.15, 0.2) is 11.5 Å². The highest BCUT2D eigenvalue weighted by molar-refractivity contribution is 7.99. The van der Waals surface area contributed by atoms with E-state index in [1.54, 1.807) is 6.07 Å². The van der Waals surface area contributed by atoms with E-state index in [0.717, 1.165) is 31.0 Å². The standard InChI is InChI=1S/C23H23ClN4O6S2/c24-16-9-8-15(36(30,31)28-10-4-1-5-11-28)12-17(16)25-21(29)14-35-23-27-26-22(34-23)20-13-32-18-6-2-3-7-19(18)33-20/h2-3,6-9,12,20H,1,4-5,10-11,13-14H2,(H,25,29). The number of nitrogens with one attached hydrogen (secondary N) is 1. The molecule has 0 bridgehead atoms. The first-order chi connectivity index (χ1) is 17.4. The lowest BCUT2D eigenvalue weighted by molar-refractivity contribution is -0.113. The van der Waals surface area contributed by atoms with Gasteiger partial charge in [-0.3, -0.25) is 4.79 Å². The van der Waals surface area contributed by atoms with Crippen molar-refractivity contribution in [3.63, 3.8) is 0 Å². The van der Waals surface area contributed by atoms with Crippen molar-refractivity contribution in [2.45, 2.75) is 35.5 Å².